The van der Waals surface area contributed by atoms with Crippen LogP contribution in [0.5, 0.6) is 0 Å². The Balaban J connectivity index is 2.00. The number of nitrogens with zero attached hydrogens (tertiary/aromatic N) is 2. The molecule has 0 radical (unpaired) electrons. The van der Waals surface area contributed by atoms with E-state index in [0.717, 1.165) is 32.4 Å². The SMILES string of the molecule is CC(C)(C)OC(=O)[C@H]1CCCN1C(=O)N1CCCCCC1. The number of hydrogen-bond acceptors (Lipinski definition) is 3. The lowest BCUT2D eigenvalue weighted by atomic mass is 10.1. The average Bonchev–Trinajstić information content (AvgIpc) is 2.71. The fourth-order valence-electron chi connectivity index (χ4n) is 3.05. The van der Waals surface area contributed by atoms with Crippen molar-refractivity contribution in [1.29, 1.82) is 0 Å². The largest absolute Gasteiger partial charge is 0.458 e. The number of urea groups is 1. The van der Waals surface area contributed by atoms with Gasteiger partial charge in [-0.1, -0.05) is 12.8 Å². The zero-order valence-electron chi connectivity index (χ0n) is 13.6. The molecule has 0 N–H and O–H groups in total. The fraction of sp³-hybridized carbons (Fsp3) is 0.875. The molecule has 2 saturated heterocycles. The maximum Gasteiger partial charge on any atom is 0.329 e. The smallest absolute Gasteiger partial charge is 0.329 e. The Morgan fingerprint density at radius 1 is 0.952 bits per heavy atom. The third-order valence-electron chi connectivity index (χ3n) is 4.05. The summed E-state index contributed by atoms with van der Waals surface area (Å²) in [6, 6.07) is -0.384. The van der Waals surface area contributed by atoms with Crippen molar-refractivity contribution in [2.75, 3.05) is 19.6 Å². The van der Waals surface area contributed by atoms with Gasteiger partial charge in [0.15, 0.2) is 0 Å². The van der Waals surface area contributed by atoms with Crippen LogP contribution < -0.4 is 0 Å². The zero-order valence-corrected chi connectivity index (χ0v) is 13.6. The summed E-state index contributed by atoms with van der Waals surface area (Å²) < 4.78 is 5.46. The minimum Gasteiger partial charge on any atom is -0.458 e. The number of amides is 2. The van der Waals surface area contributed by atoms with Gasteiger partial charge in [-0.25, -0.2) is 9.59 Å². The lowest BCUT2D eigenvalue weighted by molar-refractivity contribution is -0.159. The molecule has 0 aromatic heterocycles. The van der Waals surface area contributed by atoms with Gasteiger partial charge in [0.05, 0.1) is 0 Å². The highest BCUT2D eigenvalue weighted by molar-refractivity contribution is 5.84. The number of esters is 1. The molecule has 0 aliphatic carbocycles. The Bertz CT molecular complexity index is 381. The van der Waals surface area contributed by atoms with E-state index in [1.54, 1.807) is 4.90 Å². The topological polar surface area (TPSA) is 49.9 Å². The van der Waals surface area contributed by atoms with Gasteiger partial charge in [0, 0.05) is 19.6 Å². The highest BCUT2D eigenvalue weighted by atomic mass is 16.6. The fourth-order valence-corrected chi connectivity index (χ4v) is 3.05. The van der Waals surface area contributed by atoms with Crippen molar-refractivity contribution in [2.24, 2.45) is 0 Å². The van der Waals surface area contributed by atoms with Gasteiger partial charge in [-0.15, -0.1) is 0 Å². The van der Waals surface area contributed by atoms with Gasteiger partial charge in [0.25, 0.3) is 0 Å². The molecule has 1 atom stereocenters. The van der Waals surface area contributed by atoms with Crippen molar-refractivity contribution < 1.29 is 14.3 Å². The summed E-state index contributed by atoms with van der Waals surface area (Å²) in [7, 11) is 0. The van der Waals surface area contributed by atoms with Crippen LogP contribution in [0, 0.1) is 0 Å². The number of carbonyl (C=O) groups is 2. The van der Waals surface area contributed by atoms with Crippen molar-refractivity contribution in [1.82, 2.24) is 9.80 Å². The molecule has 2 aliphatic rings. The van der Waals surface area contributed by atoms with Crippen molar-refractivity contribution in [2.45, 2.75) is 70.9 Å². The monoisotopic (exact) mass is 296 g/mol. The second-order valence-corrected chi connectivity index (χ2v) is 7.07. The number of carbonyl (C=O) groups excluding carboxylic acids is 2. The molecule has 0 bridgehead atoms. The van der Waals surface area contributed by atoms with E-state index in [0.29, 0.717) is 13.0 Å². The number of ether oxygens (including phenoxy) is 1. The molecule has 2 rings (SSSR count). The second-order valence-electron chi connectivity index (χ2n) is 7.07. The third kappa shape index (κ3) is 4.35. The molecule has 0 saturated carbocycles. The molecule has 120 valence electrons. The van der Waals surface area contributed by atoms with Gasteiger partial charge in [-0.05, 0) is 46.5 Å². The van der Waals surface area contributed by atoms with Crippen LogP contribution in [0.4, 0.5) is 4.79 Å². The Morgan fingerprint density at radius 2 is 1.57 bits per heavy atom. The van der Waals surface area contributed by atoms with Gasteiger partial charge in [0.1, 0.15) is 11.6 Å². The van der Waals surface area contributed by atoms with Gasteiger partial charge >= 0.3 is 12.0 Å². The van der Waals surface area contributed by atoms with Crippen LogP contribution in [0.25, 0.3) is 0 Å². The Hall–Kier alpha value is -1.26. The molecule has 0 aromatic carbocycles. The maximum absolute atomic E-state index is 12.7. The van der Waals surface area contributed by atoms with E-state index in [1.807, 2.05) is 25.7 Å². The first-order valence-corrected chi connectivity index (χ1v) is 8.17. The van der Waals surface area contributed by atoms with E-state index < -0.39 is 11.6 Å². The summed E-state index contributed by atoms with van der Waals surface area (Å²) in [5, 5.41) is 0. The Morgan fingerprint density at radius 3 is 2.14 bits per heavy atom. The minimum absolute atomic E-state index is 0.0188. The summed E-state index contributed by atoms with van der Waals surface area (Å²) in [5.74, 6) is -0.261. The number of likely N-dealkylation sites (tertiary alicyclic amines) is 2. The molecule has 21 heavy (non-hydrogen) atoms. The molecule has 5 heteroatoms. The quantitative estimate of drug-likeness (QED) is 0.699. The lowest BCUT2D eigenvalue weighted by Crippen LogP contribution is -2.49. The van der Waals surface area contributed by atoms with E-state index >= 15 is 0 Å². The number of rotatable bonds is 1. The summed E-state index contributed by atoms with van der Waals surface area (Å²) in [6.07, 6.45) is 6.11. The first-order valence-electron chi connectivity index (χ1n) is 8.17. The van der Waals surface area contributed by atoms with E-state index in [4.69, 9.17) is 4.74 Å². The predicted molar refractivity (Wildman–Crippen MR) is 81.0 cm³/mol. The zero-order chi connectivity index (χ0) is 15.5. The highest BCUT2D eigenvalue weighted by Crippen LogP contribution is 2.23. The van der Waals surface area contributed by atoms with E-state index in [-0.39, 0.29) is 12.0 Å². The van der Waals surface area contributed by atoms with Crippen LogP contribution in [-0.2, 0) is 9.53 Å². The molecule has 5 nitrogen and oxygen atoms in total. The Labute approximate surface area is 127 Å². The van der Waals surface area contributed by atoms with Crippen LogP contribution in [-0.4, -0.2) is 53.1 Å². The minimum atomic E-state index is -0.503. The van der Waals surface area contributed by atoms with Gasteiger partial charge < -0.3 is 14.5 Å². The first-order chi connectivity index (χ1) is 9.88. The molecule has 2 amide bonds. The van der Waals surface area contributed by atoms with Gasteiger partial charge in [-0.2, -0.15) is 0 Å². The lowest BCUT2D eigenvalue weighted by Gasteiger charge is -2.31. The van der Waals surface area contributed by atoms with Crippen LogP contribution in [0.15, 0.2) is 0 Å². The maximum atomic E-state index is 12.7. The first kappa shape index (κ1) is 16.1. The predicted octanol–water partition coefficient (Wildman–Crippen LogP) is 2.79. The van der Waals surface area contributed by atoms with E-state index in [9.17, 15) is 9.59 Å². The average molecular weight is 296 g/mol. The molecule has 2 heterocycles. The van der Waals surface area contributed by atoms with E-state index in [2.05, 4.69) is 0 Å². The van der Waals surface area contributed by atoms with Crippen molar-refractivity contribution >= 4 is 12.0 Å². The molecule has 0 spiro atoms. The molecule has 0 aromatic rings. The molecular formula is C16H28N2O3. The van der Waals surface area contributed by atoms with Crippen LogP contribution >= 0.6 is 0 Å². The second kappa shape index (κ2) is 6.67. The summed E-state index contributed by atoms with van der Waals surface area (Å²) in [5.41, 5.74) is -0.503. The normalized spacial score (nSPS) is 23.9. The van der Waals surface area contributed by atoms with Crippen LogP contribution in [0.1, 0.15) is 59.3 Å². The van der Waals surface area contributed by atoms with Crippen LogP contribution in [0.2, 0.25) is 0 Å². The Kier molecular flexibility index (Phi) is 5.12. The molecular weight excluding hydrogens is 268 g/mol. The summed E-state index contributed by atoms with van der Waals surface area (Å²) in [4.78, 5) is 28.6. The third-order valence-corrected chi connectivity index (χ3v) is 4.05. The highest BCUT2D eigenvalue weighted by Gasteiger charge is 2.38. The molecule has 2 fully saturated rings. The summed E-state index contributed by atoms with van der Waals surface area (Å²) in [6.45, 7) is 7.88. The standard InChI is InChI=1S/C16H28N2O3/c1-16(2,3)21-14(19)13-9-8-12-18(13)15(20)17-10-6-4-5-7-11-17/h13H,4-12H2,1-3H3/t13-/m1/s1. The molecule has 0 unspecified atom stereocenters. The molecule has 2 aliphatic heterocycles. The van der Waals surface area contributed by atoms with Crippen molar-refractivity contribution in [3.8, 4) is 0 Å². The summed E-state index contributed by atoms with van der Waals surface area (Å²) >= 11 is 0. The van der Waals surface area contributed by atoms with Gasteiger partial charge in [0.2, 0.25) is 0 Å². The van der Waals surface area contributed by atoms with Crippen molar-refractivity contribution in [3.63, 3.8) is 0 Å². The van der Waals surface area contributed by atoms with Gasteiger partial charge in [-0.3, -0.25) is 0 Å². The van der Waals surface area contributed by atoms with Crippen molar-refractivity contribution in [3.05, 3.63) is 0 Å². The van der Waals surface area contributed by atoms with E-state index in [1.165, 1.54) is 12.8 Å². The number of hydrogen-bond donors (Lipinski definition) is 0. The van der Waals surface area contributed by atoms with Crippen LogP contribution in [0.3, 0.4) is 0 Å².